The van der Waals surface area contributed by atoms with Crippen LogP contribution in [-0.2, 0) is 0 Å². The molecule has 0 radical (unpaired) electrons. The van der Waals surface area contributed by atoms with Crippen molar-refractivity contribution < 1.29 is 18.3 Å². The number of aliphatic hydroxyl groups is 1. The molecule has 0 aromatic rings. The lowest BCUT2D eigenvalue weighted by Gasteiger charge is -2.28. The number of aliphatic hydroxyl groups excluding tert-OH is 1. The van der Waals surface area contributed by atoms with Gasteiger partial charge in [-0.3, -0.25) is 0 Å². The fraction of sp³-hybridized carbons (Fsp3) is 1.00. The molecule has 66 valence electrons. The van der Waals surface area contributed by atoms with Gasteiger partial charge in [0, 0.05) is 0 Å². The van der Waals surface area contributed by atoms with Crippen molar-refractivity contribution in [3.05, 3.63) is 0 Å². The summed E-state index contributed by atoms with van der Waals surface area (Å²) in [5, 5.41) is 11.2. The van der Waals surface area contributed by atoms with E-state index in [9.17, 15) is 13.2 Å². The Labute approximate surface area is 62.4 Å². The summed E-state index contributed by atoms with van der Waals surface area (Å²) in [7, 11) is 0. The van der Waals surface area contributed by atoms with Gasteiger partial charge in [0.05, 0.1) is 6.10 Å². The van der Waals surface area contributed by atoms with Crippen LogP contribution < -0.4 is 5.32 Å². The molecule has 11 heavy (non-hydrogen) atoms. The van der Waals surface area contributed by atoms with Crippen LogP contribution in [0.3, 0.4) is 0 Å². The van der Waals surface area contributed by atoms with E-state index in [2.05, 4.69) is 5.32 Å². The van der Waals surface area contributed by atoms with E-state index >= 15 is 0 Å². The van der Waals surface area contributed by atoms with Crippen LogP contribution in [0.5, 0.6) is 0 Å². The van der Waals surface area contributed by atoms with Crippen molar-refractivity contribution in [2.75, 3.05) is 6.54 Å². The van der Waals surface area contributed by atoms with E-state index in [0.717, 1.165) is 0 Å². The summed E-state index contributed by atoms with van der Waals surface area (Å²) in [6.07, 6.45) is -4.83. The number of hydrogen-bond acceptors (Lipinski definition) is 2. The summed E-state index contributed by atoms with van der Waals surface area (Å²) in [4.78, 5) is 0. The van der Waals surface area contributed by atoms with E-state index in [4.69, 9.17) is 5.11 Å². The highest BCUT2D eigenvalue weighted by Gasteiger charge is 2.41. The van der Waals surface area contributed by atoms with E-state index in [1.165, 1.54) is 0 Å². The number of alkyl halides is 3. The quantitative estimate of drug-likeness (QED) is 0.558. The number of nitrogens with one attached hydrogen (secondary N) is 1. The molecular formula is C6H10F3NO. The summed E-state index contributed by atoms with van der Waals surface area (Å²) >= 11 is 0. The molecule has 0 aliphatic carbocycles. The molecule has 1 aliphatic rings. The Kier molecular flexibility index (Phi) is 2.39. The lowest BCUT2D eigenvalue weighted by atomic mass is 10.0. The van der Waals surface area contributed by atoms with Gasteiger partial charge in [0.25, 0.3) is 0 Å². The number of hydrogen-bond donors (Lipinski definition) is 2. The fourth-order valence-electron chi connectivity index (χ4n) is 1.15. The maximum absolute atomic E-state index is 11.9. The molecule has 1 heterocycles. The molecule has 1 saturated heterocycles. The number of piperidine rings is 1. The van der Waals surface area contributed by atoms with Crippen molar-refractivity contribution in [1.29, 1.82) is 0 Å². The SMILES string of the molecule is O[C@H]1CCN[C@@H](C(F)(F)F)C1. The first kappa shape index (κ1) is 8.80. The van der Waals surface area contributed by atoms with Gasteiger partial charge in [-0.1, -0.05) is 0 Å². The Morgan fingerprint density at radius 3 is 2.36 bits per heavy atom. The van der Waals surface area contributed by atoms with Gasteiger partial charge in [0.1, 0.15) is 6.04 Å². The van der Waals surface area contributed by atoms with Crippen LogP contribution in [0.1, 0.15) is 12.8 Å². The van der Waals surface area contributed by atoms with Crippen molar-refractivity contribution in [3.63, 3.8) is 0 Å². The molecule has 0 spiro atoms. The predicted octanol–water partition coefficient (Wildman–Crippen LogP) is 0.662. The molecule has 0 aromatic carbocycles. The van der Waals surface area contributed by atoms with Gasteiger partial charge in [-0.15, -0.1) is 0 Å². The second kappa shape index (κ2) is 2.98. The molecule has 0 saturated carbocycles. The first-order chi connectivity index (χ1) is 5.00. The van der Waals surface area contributed by atoms with E-state index < -0.39 is 18.3 Å². The second-order valence-corrected chi connectivity index (χ2v) is 2.73. The first-order valence-corrected chi connectivity index (χ1v) is 3.48. The van der Waals surface area contributed by atoms with Crippen molar-refractivity contribution in [1.82, 2.24) is 5.32 Å². The van der Waals surface area contributed by atoms with Gasteiger partial charge in [0.2, 0.25) is 0 Å². The van der Waals surface area contributed by atoms with Crippen LogP contribution in [-0.4, -0.2) is 30.0 Å². The standard InChI is InChI=1S/C6H10F3NO/c7-6(8,9)5-3-4(11)1-2-10-5/h4-5,10-11H,1-3H2/t4-,5+/m0/s1. The molecule has 2 N–H and O–H groups in total. The largest absolute Gasteiger partial charge is 0.403 e. The molecule has 1 fully saturated rings. The normalized spacial score (nSPS) is 33.8. The average molecular weight is 169 g/mol. The van der Waals surface area contributed by atoms with Gasteiger partial charge in [-0.25, -0.2) is 0 Å². The minimum absolute atomic E-state index is 0.219. The minimum Gasteiger partial charge on any atom is -0.393 e. The smallest absolute Gasteiger partial charge is 0.393 e. The van der Waals surface area contributed by atoms with Crippen LogP contribution in [0.25, 0.3) is 0 Å². The summed E-state index contributed by atoms with van der Waals surface area (Å²) in [6, 6.07) is -1.52. The number of rotatable bonds is 0. The van der Waals surface area contributed by atoms with Crippen molar-refractivity contribution in [2.45, 2.75) is 31.2 Å². The molecular weight excluding hydrogens is 159 g/mol. The minimum atomic E-state index is -4.22. The van der Waals surface area contributed by atoms with Gasteiger partial charge in [-0.2, -0.15) is 13.2 Å². The zero-order valence-electron chi connectivity index (χ0n) is 5.86. The highest BCUT2D eigenvalue weighted by molar-refractivity contribution is 4.82. The molecule has 1 aliphatic heterocycles. The van der Waals surface area contributed by atoms with Crippen LogP contribution in [0.15, 0.2) is 0 Å². The summed E-state index contributed by atoms with van der Waals surface area (Å²) in [6.45, 7) is 0.241. The highest BCUT2D eigenvalue weighted by atomic mass is 19.4. The number of halogens is 3. The highest BCUT2D eigenvalue weighted by Crippen LogP contribution is 2.25. The van der Waals surface area contributed by atoms with Gasteiger partial charge in [0.15, 0.2) is 0 Å². The molecule has 2 nitrogen and oxygen atoms in total. The zero-order valence-corrected chi connectivity index (χ0v) is 5.86. The van der Waals surface area contributed by atoms with Crippen LogP contribution >= 0.6 is 0 Å². The predicted molar refractivity (Wildman–Crippen MR) is 33.1 cm³/mol. The Balaban J connectivity index is 2.46. The van der Waals surface area contributed by atoms with Crippen LogP contribution in [0.4, 0.5) is 13.2 Å². The van der Waals surface area contributed by atoms with E-state index in [-0.39, 0.29) is 13.0 Å². The summed E-state index contributed by atoms with van der Waals surface area (Å²) in [5.41, 5.74) is 0. The maximum Gasteiger partial charge on any atom is 0.403 e. The van der Waals surface area contributed by atoms with Crippen molar-refractivity contribution in [3.8, 4) is 0 Å². The molecule has 2 atom stereocenters. The Morgan fingerprint density at radius 2 is 2.00 bits per heavy atom. The van der Waals surface area contributed by atoms with Crippen LogP contribution in [0, 0.1) is 0 Å². The van der Waals surface area contributed by atoms with Crippen molar-refractivity contribution >= 4 is 0 Å². The molecule has 0 bridgehead atoms. The topological polar surface area (TPSA) is 32.3 Å². The molecule has 5 heteroatoms. The third-order valence-electron chi connectivity index (χ3n) is 1.77. The molecule has 1 rings (SSSR count). The monoisotopic (exact) mass is 169 g/mol. The van der Waals surface area contributed by atoms with Crippen LogP contribution in [0.2, 0.25) is 0 Å². The molecule has 0 aromatic heterocycles. The Bertz CT molecular complexity index is 136. The Hall–Kier alpha value is -0.290. The van der Waals surface area contributed by atoms with Gasteiger partial charge >= 0.3 is 6.18 Å². The van der Waals surface area contributed by atoms with Crippen molar-refractivity contribution in [2.24, 2.45) is 0 Å². The van der Waals surface area contributed by atoms with E-state index in [1.807, 2.05) is 0 Å². The third kappa shape index (κ3) is 2.34. The van der Waals surface area contributed by atoms with Gasteiger partial charge < -0.3 is 10.4 Å². The summed E-state index contributed by atoms with van der Waals surface area (Å²) in [5.74, 6) is 0. The average Bonchev–Trinajstić information content (AvgIpc) is 1.86. The van der Waals surface area contributed by atoms with Gasteiger partial charge in [-0.05, 0) is 19.4 Å². The first-order valence-electron chi connectivity index (χ1n) is 3.48. The molecule has 0 amide bonds. The lowest BCUT2D eigenvalue weighted by Crippen LogP contribution is -2.49. The summed E-state index contributed by atoms with van der Waals surface area (Å²) < 4.78 is 35.8. The second-order valence-electron chi connectivity index (χ2n) is 2.73. The maximum atomic E-state index is 11.9. The Morgan fingerprint density at radius 1 is 1.36 bits per heavy atom. The molecule has 0 unspecified atom stereocenters. The van der Waals surface area contributed by atoms with E-state index in [0.29, 0.717) is 6.42 Å². The zero-order chi connectivity index (χ0) is 8.48. The lowest BCUT2D eigenvalue weighted by molar-refractivity contribution is -0.167. The third-order valence-corrected chi connectivity index (χ3v) is 1.77. The van der Waals surface area contributed by atoms with E-state index in [1.54, 1.807) is 0 Å². The fourth-order valence-corrected chi connectivity index (χ4v) is 1.15.